The molecular weight excluding hydrogens is 248 g/mol. The Hall–Kier alpha value is -0.340. The summed E-state index contributed by atoms with van der Waals surface area (Å²) in [5.41, 5.74) is 1.72. The van der Waals surface area contributed by atoms with Crippen LogP contribution in [0.3, 0.4) is 0 Å². The molecular formula is C18H30O2. The minimum atomic E-state index is -0.177. The van der Waals surface area contributed by atoms with Gasteiger partial charge in [0, 0.05) is 12.8 Å². The molecule has 2 nitrogen and oxygen atoms in total. The van der Waals surface area contributed by atoms with E-state index in [-0.39, 0.29) is 5.79 Å². The zero-order chi connectivity index (χ0) is 14.0. The molecule has 2 atom stereocenters. The summed E-state index contributed by atoms with van der Waals surface area (Å²) in [5, 5.41) is 0. The van der Waals surface area contributed by atoms with Crippen LogP contribution in [0.1, 0.15) is 65.2 Å². The average molecular weight is 278 g/mol. The second-order valence-electron chi connectivity index (χ2n) is 7.07. The highest BCUT2D eigenvalue weighted by Crippen LogP contribution is 2.46. The lowest BCUT2D eigenvalue weighted by molar-refractivity contribution is -0.185. The minimum absolute atomic E-state index is 0.177. The van der Waals surface area contributed by atoms with E-state index in [4.69, 9.17) is 9.47 Å². The highest BCUT2D eigenvalue weighted by atomic mass is 16.7. The molecule has 2 unspecified atom stereocenters. The summed E-state index contributed by atoms with van der Waals surface area (Å²) in [7, 11) is 0. The maximum atomic E-state index is 5.86. The van der Waals surface area contributed by atoms with Crippen molar-refractivity contribution in [3.05, 3.63) is 11.6 Å². The van der Waals surface area contributed by atoms with Gasteiger partial charge in [-0.1, -0.05) is 25.5 Å². The van der Waals surface area contributed by atoms with Crippen molar-refractivity contribution in [3.63, 3.8) is 0 Å². The summed E-state index contributed by atoms with van der Waals surface area (Å²) < 4.78 is 11.7. The van der Waals surface area contributed by atoms with Crippen LogP contribution in [0.5, 0.6) is 0 Å². The first-order chi connectivity index (χ1) is 9.72. The Labute approximate surface area is 123 Å². The lowest BCUT2D eigenvalue weighted by atomic mass is 9.68. The van der Waals surface area contributed by atoms with Crippen molar-refractivity contribution in [2.24, 2.45) is 17.8 Å². The van der Waals surface area contributed by atoms with E-state index in [9.17, 15) is 0 Å². The summed E-state index contributed by atoms with van der Waals surface area (Å²) in [5.74, 6) is 2.49. The summed E-state index contributed by atoms with van der Waals surface area (Å²) in [6.45, 7) is 6.29. The molecule has 0 aromatic carbocycles. The largest absolute Gasteiger partial charge is 0.348 e. The number of hydrogen-bond donors (Lipinski definition) is 0. The molecule has 0 aromatic heterocycles. The molecule has 0 aromatic rings. The van der Waals surface area contributed by atoms with Crippen LogP contribution in [0, 0.1) is 17.8 Å². The molecule has 1 spiro atoms. The van der Waals surface area contributed by atoms with Crippen molar-refractivity contribution >= 4 is 0 Å². The van der Waals surface area contributed by atoms with E-state index in [1.807, 2.05) is 0 Å². The van der Waals surface area contributed by atoms with Crippen molar-refractivity contribution in [1.29, 1.82) is 0 Å². The molecule has 3 rings (SSSR count). The van der Waals surface area contributed by atoms with E-state index >= 15 is 0 Å². The van der Waals surface area contributed by atoms with Crippen LogP contribution in [0.25, 0.3) is 0 Å². The Kier molecular flexibility index (Phi) is 4.52. The number of ether oxygens (including phenoxy) is 2. The summed E-state index contributed by atoms with van der Waals surface area (Å²) in [6, 6.07) is 0. The van der Waals surface area contributed by atoms with E-state index in [0.717, 1.165) is 43.8 Å². The molecule has 0 amide bonds. The van der Waals surface area contributed by atoms with Crippen molar-refractivity contribution in [2.45, 2.75) is 71.0 Å². The van der Waals surface area contributed by atoms with Gasteiger partial charge in [-0.25, -0.2) is 0 Å². The van der Waals surface area contributed by atoms with Crippen molar-refractivity contribution in [3.8, 4) is 0 Å². The molecule has 114 valence electrons. The van der Waals surface area contributed by atoms with Crippen LogP contribution >= 0.6 is 0 Å². The van der Waals surface area contributed by atoms with Crippen molar-refractivity contribution in [2.75, 3.05) is 13.2 Å². The van der Waals surface area contributed by atoms with E-state index in [1.54, 1.807) is 5.57 Å². The van der Waals surface area contributed by atoms with Gasteiger partial charge in [-0.05, 0) is 56.3 Å². The quantitative estimate of drug-likeness (QED) is 0.682. The standard InChI is InChI=1S/C18H30O2/c1-3-4-15-5-6-17(13-14(15)2)16-7-9-18(10-8-16)19-11-12-20-18/h4,14,16-17H,3,5-13H2,1-2H3/b15-4-. The molecule has 0 bridgehead atoms. The number of allylic oxidation sites excluding steroid dienone is 2. The van der Waals surface area contributed by atoms with Gasteiger partial charge in [0.1, 0.15) is 0 Å². The summed E-state index contributed by atoms with van der Waals surface area (Å²) in [6.07, 6.45) is 12.7. The molecule has 1 aliphatic heterocycles. The Balaban J connectivity index is 1.53. The van der Waals surface area contributed by atoms with Gasteiger partial charge in [-0.2, -0.15) is 0 Å². The first kappa shape index (κ1) is 14.6. The van der Waals surface area contributed by atoms with Crippen LogP contribution in [0.15, 0.2) is 11.6 Å². The molecule has 0 N–H and O–H groups in total. The maximum Gasteiger partial charge on any atom is 0.168 e. The maximum absolute atomic E-state index is 5.86. The fourth-order valence-electron chi connectivity index (χ4n) is 4.65. The predicted molar refractivity (Wildman–Crippen MR) is 81.5 cm³/mol. The van der Waals surface area contributed by atoms with Crippen LogP contribution in [0.2, 0.25) is 0 Å². The fourth-order valence-corrected chi connectivity index (χ4v) is 4.65. The minimum Gasteiger partial charge on any atom is -0.348 e. The highest BCUT2D eigenvalue weighted by Gasteiger charge is 2.42. The molecule has 1 heterocycles. The summed E-state index contributed by atoms with van der Waals surface area (Å²) >= 11 is 0. The molecule has 1 saturated heterocycles. The molecule has 2 saturated carbocycles. The SMILES string of the molecule is CC/C=C1/CCC(C2CCC3(CC2)OCCO3)CC1C. The smallest absolute Gasteiger partial charge is 0.168 e. The normalized spacial score (nSPS) is 36.8. The lowest BCUT2D eigenvalue weighted by Crippen LogP contribution is -2.37. The third kappa shape index (κ3) is 2.96. The van der Waals surface area contributed by atoms with Crippen LogP contribution in [0.4, 0.5) is 0 Å². The third-order valence-corrected chi connectivity index (χ3v) is 5.83. The van der Waals surface area contributed by atoms with Crippen LogP contribution < -0.4 is 0 Å². The van der Waals surface area contributed by atoms with Gasteiger partial charge in [0.2, 0.25) is 0 Å². The molecule has 3 fully saturated rings. The number of hydrogen-bond acceptors (Lipinski definition) is 2. The topological polar surface area (TPSA) is 18.5 Å². The first-order valence-corrected chi connectivity index (χ1v) is 8.69. The highest BCUT2D eigenvalue weighted by molar-refractivity contribution is 5.09. The Bertz CT molecular complexity index is 344. The monoisotopic (exact) mass is 278 g/mol. The first-order valence-electron chi connectivity index (χ1n) is 8.69. The van der Waals surface area contributed by atoms with Crippen molar-refractivity contribution in [1.82, 2.24) is 0 Å². The van der Waals surface area contributed by atoms with Gasteiger partial charge in [-0.15, -0.1) is 0 Å². The third-order valence-electron chi connectivity index (χ3n) is 5.83. The zero-order valence-electron chi connectivity index (χ0n) is 13.2. The van der Waals surface area contributed by atoms with E-state index in [1.165, 1.54) is 38.5 Å². The van der Waals surface area contributed by atoms with Gasteiger partial charge < -0.3 is 9.47 Å². The Morgan fingerprint density at radius 1 is 1.10 bits per heavy atom. The average Bonchev–Trinajstić information content (AvgIpc) is 2.91. The van der Waals surface area contributed by atoms with Crippen molar-refractivity contribution < 1.29 is 9.47 Å². The van der Waals surface area contributed by atoms with Gasteiger partial charge in [-0.3, -0.25) is 0 Å². The second kappa shape index (κ2) is 6.19. The molecule has 20 heavy (non-hydrogen) atoms. The van der Waals surface area contributed by atoms with Gasteiger partial charge >= 0.3 is 0 Å². The van der Waals surface area contributed by atoms with Gasteiger partial charge in [0.25, 0.3) is 0 Å². The molecule has 2 aliphatic carbocycles. The fraction of sp³-hybridized carbons (Fsp3) is 0.889. The van der Waals surface area contributed by atoms with Crippen LogP contribution in [-0.4, -0.2) is 19.0 Å². The lowest BCUT2D eigenvalue weighted by Gasteiger charge is -2.41. The van der Waals surface area contributed by atoms with E-state index < -0.39 is 0 Å². The Morgan fingerprint density at radius 2 is 1.80 bits per heavy atom. The van der Waals surface area contributed by atoms with Gasteiger partial charge in [0.15, 0.2) is 5.79 Å². The molecule has 2 heteroatoms. The second-order valence-corrected chi connectivity index (χ2v) is 7.07. The van der Waals surface area contributed by atoms with Crippen LogP contribution in [-0.2, 0) is 9.47 Å². The predicted octanol–water partition coefficient (Wildman–Crippen LogP) is 4.69. The molecule has 0 radical (unpaired) electrons. The molecule has 3 aliphatic rings. The van der Waals surface area contributed by atoms with E-state index in [2.05, 4.69) is 19.9 Å². The summed E-state index contributed by atoms with van der Waals surface area (Å²) in [4.78, 5) is 0. The van der Waals surface area contributed by atoms with E-state index in [0.29, 0.717) is 0 Å². The van der Waals surface area contributed by atoms with Gasteiger partial charge in [0.05, 0.1) is 13.2 Å². The Morgan fingerprint density at radius 3 is 2.40 bits per heavy atom. The number of rotatable bonds is 2. The zero-order valence-corrected chi connectivity index (χ0v) is 13.2.